The van der Waals surface area contributed by atoms with E-state index in [1.807, 2.05) is 36.4 Å². The molecule has 0 aliphatic carbocycles. The minimum absolute atomic E-state index is 0.158. The zero-order valence-electron chi connectivity index (χ0n) is 14.8. The van der Waals surface area contributed by atoms with Crippen LogP contribution in [0.1, 0.15) is 38.1 Å². The van der Waals surface area contributed by atoms with Crippen LogP contribution in [0.4, 0.5) is 0 Å². The Morgan fingerprint density at radius 1 is 1.08 bits per heavy atom. The van der Waals surface area contributed by atoms with E-state index in [1.54, 1.807) is 0 Å². The Morgan fingerprint density at radius 2 is 1.81 bits per heavy atom. The number of nitrogens with one attached hydrogen (secondary N) is 1. The van der Waals surface area contributed by atoms with Gasteiger partial charge in [0, 0.05) is 20.6 Å². The molecule has 0 amide bonds. The van der Waals surface area contributed by atoms with Crippen LogP contribution in [-0.2, 0) is 12.1 Å². The van der Waals surface area contributed by atoms with E-state index in [1.165, 1.54) is 5.56 Å². The predicted molar refractivity (Wildman–Crippen MR) is 108 cm³/mol. The molecule has 0 saturated carbocycles. The topological polar surface area (TPSA) is 51.0 Å². The summed E-state index contributed by atoms with van der Waals surface area (Å²) in [5, 5.41) is 12.7. The summed E-state index contributed by atoms with van der Waals surface area (Å²) in [5.41, 5.74) is 1.95. The average molecular weight is 435 g/mol. The van der Waals surface area contributed by atoms with Crippen molar-refractivity contribution in [1.82, 2.24) is 15.5 Å². The van der Waals surface area contributed by atoms with Crippen LogP contribution in [0.15, 0.2) is 57.4 Å². The first-order chi connectivity index (χ1) is 12.6. The Hall–Kier alpha value is -1.69. The van der Waals surface area contributed by atoms with Crippen LogP contribution in [0.2, 0.25) is 5.02 Å². The van der Waals surface area contributed by atoms with Crippen molar-refractivity contribution in [2.45, 2.75) is 38.8 Å². The molecule has 1 aromatic heterocycles. The molecule has 0 saturated heterocycles. The van der Waals surface area contributed by atoms with Crippen LogP contribution in [-0.4, -0.2) is 10.2 Å². The smallest absolute Gasteiger partial charge is 0.247 e. The maximum atomic E-state index is 6.04. The first kappa shape index (κ1) is 19.1. The number of hydrogen-bond donors (Lipinski definition) is 1. The van der Waals surface area contributed by atoms with Gasteiger partial charge in [-0.3, -0.25) is 5.32 Å². The highest BCUT2D eigenvalue weighted by molar-refractivity contribution is 9.10. The minimum Gasteiger partial charge on any atom is -0.419 e. The van der Waals surface area contributed by atoms with E-state index in [0.717, 1.165) is 27.9 Å². The highest BCUT2D eigenvalue weighted by atomic mass is 79.9. The van der Waals surface area contributed by atoms with Crippen molar-refractivity contribution in [3.05, 3.63) is 69.5 Å². The quantitative estimate of drug-likeness (QED) is 0.498. The van der Waals surface area contributed by atoms with Crippen LogP contribution >= 0.6 is 27.5 Å². The molecular weight excluding hydrogens is 414 g/mol. The lowest BCUT2D eigenvalue weighted by Crippen LogP contribution is -2.41. The third-order valence-corrected chi connectivity index (χ3v) is 5.47. The lowest BCUT2D eigenvalue weighted by atomic mass is 9.84. The molecule has 0 radical (unpaired) electrons. The van der Waals surface area contributed by atoms with Gasteiger partial charge in [-0.05, 0) is 48.7 Å². The highest BCUT2D eigenvalue weighted by Crippen LogP contribution is 2.30. The van der Waals surface area contributed by atoms with Crippen molar-refractivity contribution in [2.75, 3.05) is 0 Å². The number of hydrogen-bond acceptors (Lipinski definition) is 4. The van der Waals surface area contributed by atoms with Crippen molar-refractivity contribution in [1.29, 1.82) is 0 Å². The van der Waals surface area contributed by atoms with E-state index < -0.39 is 0 Å². The van der Waals surface area contributed by atoms with Gasteiger partial charge >= 0.3 is 0 Å². The fraction of sp³-hybridized carbons (Fsp3) is 0.300. The van der Waals surface area contributed by atoms with E-state index in [0.29, 0.717) is 18.3 Å². The van der Waals surface area contributed by atoms with Crippen LogP contribution < -0.4 is 5.32 Å². The van der Waals surface area contributed by atoms with Gasteiger partial charge in [-0.1, -0.05) is 59.6 Å². The standard InChI is InChI=1S/C20H21BrClN3O/c1-3-20(4-2,15-8-10-17(22)11-9-15)23-13-18-24-25-19(26-18)14-6-5-7-16(21)12-14/h5-12,23H,3-4,13H2,1-2H3. The number of nitrogens with zero attached hydrogens (tertiary/aromatic N) is 2. The molecule has 4 nitrogen and oxygen atoms in total. The van der Waals surface area contributed by atoms with Crippen molar-refractivity contribution in [3.8, 4) is 11.5 Å². The molecule has 0 fully saturated rings. The lowest BCUT2D eigenvalue weighted by Gasteiger charge is -2.33. The number of halogens is 2. The summed E-state index contributed by atoms with van der Waals surface area (Å²) < 4.78 is 6.82. The van der Waals surface area contributed by atoms with E-state index in [4.69, 9.17) is 16.0 Å². The normalized spacial score (nSPS) is 11.7. The van der Waals surface area contributed by atoms with E-state index in [2.05, 4.69) is 57.4 Å². The van der Waals surface area contributed by atoms with Crippen LogP contribution in [0.5, 0.6) is 0 Å². The third kappa shape index (κ3) is 4.17. The monoisotopic (exact) mass is 433 g/mol. The lowest BCUT2D eigenvalue weighted by molar-refractivity contribution is 0.290. The maximum Gasteiger partial charge on any atom is 0.247 e. The van der Waals surface area contributed by atoms with Gasteiger partial charge < -0.3 is 4.42 Å². The molecule has 6 heteroatoms. The summed E-state index contributed by atoms with van der Waals surface area (Å²) in [7, 11) is 0. The summed E-state index contributed by atoms with van der Waals surface area (Å²) in [6.45, 7) is 4.85. The van der Waals surface area contributed by atoms with Crippen LogP contribution in [0.25, 0.3) is 11.5 Å². The van der Waals surface area contributed by atoms with Gasteiger partial charge in [0.25, 0.3) is 0 Å². The average Bonchev–Trinajstić information content (AvgIpc) is 3.13. The Bertz CT molecular complexity index is 860. The summed E-state index contributed by atoms with van der Waals surface area (Å²) >= 11 is 9.50. The first-order valence-electron chi connectivity index (χ1n) is 8.65. The molecular formula is C20H21BrClN3O. The summed E-state index contributed by atoms with van der Waals surface area (Å²) in [4.78, 5) is 0. The molecule has 0 atom stereocenters. The Balaban J connectivity index is 1.77. The van der Waals surface area contributed by atoms with Gasteiger partial charge in [0.15, 0.2) is 0 Å². The summed E-state index contributed by atoms with van der Waals surface area (Å²) in [6, 6.07) is 15.8. The maximum absolute atomic E-state index is 6.04. The first-order valence-corrected chi connectivity index (χ1v) is 9.83. The fourth-order valence-electron chi connectivity index (χ4n) is 3.09. The molecule has 0 unspecified atom stereocenters. The molecule has 3 aromatic rings. The second kappa shape index (κ2) is 8.33. The Morgan fingerprint density at radius 3 is 2.46 bits per heavy atom. The Kier molecular flexibility index (Phi) is 6.12. The van der Waals surface area contributed by atoms with Crippen LogP contribution in [0, 0.1) is 0 Å². The van der Waals surface area contributed by atoms with Gasteiger partial charge in [0.2, 0.25) is 11.8 Å². The predicted octanol–water partition coefficient (Wildman–Crippen LogP) is 5.96. The highest BCUT2D eigenvalue weighted by Gasteiger charge is 2.28. The second-order valence-electron chi connectivity index (χ2n) is 6.16. The van der Waals surface area contributed by atoms with Crippen molar-refractivity contribution in [3.63, 3.8) is 0 Å². The van der Waals surface area contributed by atoms with E-state index in [9.17, 15) is 0 Å². The largest absolute Gasteiger partial charge is 0.419 e. The third-order valence-electron chi connectivity index (χ3n) is 4.72. The zero-order chi connectivity index (χ0) is 18.6. The molecule has 0 aliphatic heterocycles. The molecule has 1 N–H and O–H groups in total. The molecule has 2 aromatic carbocycles. The Labute approximate surface area is 167 Å². The van der Waals surface area contributed by atoms with Gasteiger partial charge in [0.1, 0.15) is 0 Å². The minimum atomic E-state index is -0.158. The van der Waals surface area contributed by atoms with Gasteiger partial charge in [-0.2, -0.15) is 0 Å². The SMILES string of the molecule is CCC(CC)(NCc1nnc(-c2cccc(Br)c2)o1)c1ccc(Cl)cc1. The molecule has 3 rings (SSSR count). The second-order valence-corrected chi connectivity index (χ2v) is 7.51. The van der Waals surface area contributed by atoms with Gasteiger partial charge in [-0.25, -0.2) is 0 Å². The zero-order valence-corrected chi connectivity index (χ0v) is 17.1. The molecule has 26 heavy (non-hydrogen) atoms. The molecule has 136 valence electrons. The van der Waals surface area contributed by atoms with Crippen LogP contribution in [0.3, 0.4) is 0 Å². The molecule has 0 spiro atoms. The number of aromatic nitrogens is 2. The number of rotatable bonds is 7. The number of benzene rings is 2. The van der Waals surface area contributed by atoms with Gasteiger partial charge in [-0.15, -0.1) is 10.2 Å². The van der Waals surface area contributed by atoms with Gasteiger partial charge in [0.05, 0.1) is 6.54 Å². The molecule has 0 aliphatic rings. The molecule has 0 bridgehead atoms. The van der Waals surface area contributed by atoms with Crippen molar-refractivity contribution >= 4 is 27.5 Å². The summed E-state index contributed by atoms with van der Waals surface area (Å²) in [6.07, 6.45) is 1.88. The van der Waals surface area contributed by atoms with E-state index >= 15 is 0 Å². The summed E-state index contributed by atoms with van der Waals surface area (Å²) in [5.74, 6) is 1.09. The van der Waals surface area contributed by atoms with E-state index in [-0.39, 0.29) is 5.54 Å². The van der Waals surface area contributed by atoms with Crippen molar-refractivity contribution in [2.24, 2.45) is 0 Å². The van der Waals surface area contributed by atoms with Crippen molar-refractivity contribution < 1.29 is 4.42 Å². The fourth-order valence-corrected chi connectivity index (χ4v) is 3.61. The molecule has 1 heterocycles.